The molecule has 0 saturated carbocycles. The van der Waals surface area contributed by atoms with Gasteiger partial charge in [0.2, 0.25) is 0 Å². The van der Waals surface area contributed by atoms with E-state index in [1.54, 1.807) is 0 Å². The van der Waals surface area contributed by atoms with Crippen molar-refractivity contribution >= 4 is 11.9 Å². The van der Waals surface area contributed by atoms with E-state index in [1.807, 2.05) is 0 Å². The van der Waals surface area contributed by atoms with E-state index in [4.69, 9.17) is 9.47 Å². The molecule has 1 N–H and O–H groups in total. The molecule has 1 atom stereocenters. The number of carbonyl (C=O) groups excluding carboxylic acids is 2. The van der Waals surface area contributed by atoms with Crippen LogP contribution in [0.15, 0.2) is 12.2 Å². The van der Waals surface area contributed by atoms with Crippen molar-refractivity contribution in [3.8, 4) is 0 Å². The van der Waals surface area contributed by atoms with Crippen molar-refractivity contribution in [2.75, 3.05) is 13.2 Å². The number of aliphatic hydroxyl groups excluding tert-OH is 1. The number of hydrogen-bond acceptors (Lipinski definition) is 5. The van der Waals surface area contributed by atoms with Gasteiger partial charge in [0, 0.05) is 12.8 Å². The summed E-state index contributed by atoms with van der Waals surface area (Å²) in [6.45, 7) is 4.15. The van der Waals surface area contributed by atoms with Crippen molar-refractivity contribution in [3.05, 3.63) is 12.2 Å². The fraction of sp³-hybridized carbons (Fsp3) is 0.905. The summed E-state index contributed by atoms with van der Waals surface area (Å²) in [5.74, 6) is -0.581. The number of carbonyl (C=O) groups is 2. The van der Waals surface area contributed by atoms with Gasteiger partial charge in [-0.2, -0.15) is 0 Å². The van der Waals surface area contributed by atoms with Gasteiger partial charge in [0.1, 0.15) is 6.61 Å². The van der Waals surface area contributed by atoms with E-state index < -0.39 is 6.10 Å². The fourth-order valence-corrected chi connectivity index (χ4v) is 6.14. The highest BCUT2D eigenvalue weighted by atomic mass is 16.6. The maximum absolute atomic E-state index is 12.1. The van der Waals surface area contributed by atoms with Crippen LogP contribution in [-0.2, 0) is 19.1 Å². The molecule has 0 aliphatic heterocycles. The van der Waals surface area contributed by atoms with E-state index in [9.17, 15) is 14.7 Å². The zero-order chi connectivity index (χ0) is 34.3. The van der Waals surface area contributed by atoms with Crippen molar-refractivity contribution in [1.82, 2.24) is 0 Å². The van der Waals surface area contributed by atoms with Crippen LogP contribution in [0.25, 0.3) is 0 Å². The highest BCUT2D eigenvalue weighted by molar-refractivity contribution is 5.70. The first-order valence-electron chi connectivity index (χ1n) is 20.7. The molecule has 0 amide bonds. The molecule has 0 unspecified atom stereocenters. The predicted octanol–water partition coefficient (Wildman–Crippen LogP) is 12.9. The normalized spacial score (nSPS) is 12.1. The molecule has 5 nitrogen and oxygen atoms in total. The molecule has 0 spiro atoms. The Morgan fingerprint density at radius 1 is 0.468 bits per heavy atom. The third-order valence-electron chi connectivity index (χ3n) is 9.31. The summed E-state index contributed by atoms with van der Waals surface area (Å²) >= 11 is 0. The Morgan fingerprint density at radius 2 is 0.787 bits per heavy atom. The third-order valence-corrected chi connectivity index (χ3v) is 9.31. The van der Waals surface area contributed by atoms with Gasteiger partial charge in [-0.1, -0.05) is 187 Å². The van der Waals surface area contributed by atoms with Crippen LogP contribution in [0.2, 0.25) is 0 Å². The molecule has 278 valence electrons. The van der Waals surface area contributed by atoms with E-state index in [0.29, 0.717) is 12.8 Å². The molecule has 0 aromatic carbocycles. The van der Waals surface area contributed by atoms with Gasteiger partial charge in [-0.25, -0.2) is 0 Å². The number of aliphatic hydroxyl groups is 1. The van der Waals surface area contributed by atoms with E-state index in [2.05, 4.69) is 26.0 Å². The average Bonchev–Trinajstić information content (AvgIpc) is 3.07. The highest BCUT2D eigenvalue weighted by Crippen LogP contribution is 2.15. The van der Waals surface area contributed by atoms with Crippen LogP contribution in [-0.4, -0.2) is 36.4 Å². The number of rotatable bonds is 38. The van der Waals surface area contributed by atoms with Gasteiger partial charge >= 0.3 is 11.9 Å². The third kappa shape index (κ3) is 37.3. The van der Waals surface area contributed by atoms with E-state index in [-0.39, 0.29) is 25.2 Å². The summed E-state index contributed by atoms with van der Waals surface area (Å²) in [4.78, 5) is 24.2. The highest BCUT2D eigenvalue weighted by Gasteiger charge is 2.16. The molecule has 0 radical (unpaired) electrons. The smallest absolute Gasteiger partial charge is 0.306 e. The second kappa shape index (κ2) is 39.1. The minimum Gasteiger partial charge on any atom is -0.462 e. The molecule has 0 heterocycles. The van der Waals surface area contributed by atoms with Gasteiger partial charge in [0.05, 0.1) is 6.61 Å². The lowest BCUT2D eigenvalue weighted by Gasteiger charge is -2.15. The van der Waals surface area contributed by atoms with Gasteiger partial charge in [-0.3, -0.25) is 9.59 Å². The van der Waals surface area contributed by atoms with Gasteiger partial charge in [-0.05, 0) is 38.5 Å². The Hall–Kier alpha value is -1.36. The van der Waals surface area contributed by atoms with Crippen molar-refractivity contribution in [3.63, 3.8) is 0 Å². The predicted molar refractivity (Wildman–Crippen MR) is 201 cm³/mol. The molecule has 0 aliphatic rings. The molecular formula is C42H80O5. The second-order valence-corrected chi connectivity index (χ2v) is 14.1. The second-order valence-electron chi connectivity index (χ2n) is 14.1. The summed E-state index contributed by atoms with van der Waals surface area (Å²) in [6.07, 6.45) is 44.2. The summed E-state index contributed by atoms with van der Waals surface area (Å²) in [5, 5.41) is 9.55. The van der Waals surface area contributed by atoms with Crippen molar-refractivity contribution in [1.29, 1.82) is 0 Å². The van der Waals surface area contributed by atoms with E-state index >= 15 is 0 Å². The van der Waals surface area contributed by atoms with Crippen LogP contribution < -0.4 is 0 Å². The van der Waals surface area contributed by atoms with Crippen LogP contribution in [0, 0.1) is 0 Å². The van der Waals surface area contributed by atoms with Gasteiger partial charge in [0.25, 0.3) is 0 Å². The van der Waals surface area contributed by atoms with Crippen molar-refractivity contribution < 1.29 is 24.2 Å². The van der Waals surface area contributed by atoms with Crippen LogP contribution in [0.1, 0.15) is 226 Å². The minimum atomic E-state index is -0.764. The van der Waals surface area contributed by atoms with E-state index in [1.165, 1.54) is 161 Å². The number of allylic oxidation sites excluding steroid dienone is 2. The Balaban J connectivity index is 3.48. The fourth-order valence-electron chi connectivity index (χ4n) is 6.14. The maximum atomic E-state index is 12.1. The van der Waals surface area contributed by atoms with Crippen LogP contribution in [0.4, 0.5) is 0 Å². The number of unbranched alkanes of at least 4 members (excludes halogenated alkanes) is 28. The topological polar surface area (TPSA) is 72.8 Å². The lowest BCUT2D eigenvalue weighted by Crippen LogP contribution is -2.28. The van der Waals surface area contributed by atoms with Gasteiger partial charge in [0.15, 0.2) is 6.10 Å². The molecule has 47 heavy (non-hydrogen) atoms. The molecular weight excluding hydrogens is 584 g/mol. The molecule has 0 rings (SSSR count). The Labute approximate surface area is 292 Å². The zero-order valence-corrected chi connectivity index (χ0v) is 31.6. The first-order valence-corrected chi connectivity index (χ1v) is 20.7. The number of hydrogen-bond donors (Lipinski definition) is 1. The zero-order valence-electron chi connectivity index (χ0n) is 31.6. The SMILES string of the molecule is CCCCCCCC/C=C/CCCCCCCCCCCCCC(=O)OC[C@H](CO)OC(=O)CCCCCCCCCCCCCC. The number of esters is 2. The average molecular weight is 665 g/mol. The lowest BCUT2D eigenvalue weighted by molar-refractivity contribution is -0.161. The summed E-state index contributed by atoms with van der Waals surface area (Å²) in [7, 11) is 0. The van der Waals surface area contributed by atoms with Crippen LogP contribution in [0.3, 0.4) is 0 Å². The number of ether oxygens (including phenoxy) is 2. The minimum absolute atomic E-state index is 0.0600. The maximum Gasteiger partial charge on any atom is 0.306 e. The van der Waals surface area contributed by atoms with Gasteiger partial charge < -0.3 is 14.6 Å². The standard InChI is InChI=1S/C42H80O5/c1-3-5-7-9-11-13-15-17-18-19-20-21-22-23-24-25-27-28-30-32-34-36-41(44)46-39-40(38-43)47-42(45)37-35-33-31-29-26-16-14-12-10-8-6-4-2/h17-18,40,43H,3-16,19-39H2,1-2H3/b18-17+/t40-/m0/s1. The van der Waals surface area contributed by atoms with E-state index in [0.717, 1.165) is 38.5 Å². The molecule has 0 fully saturated rings. The van der Waals surface area contributed by atoms with Crippen molar-refractivity contribution in [2.24, 2.45) is 0 Å². The largest absolute Gasteiger partial charge is 0.462 e. The molecule has 0 bridgehead atoms. The Kier molecular flexibility index (Phi) is 38.0. The molecule has 0 aromatic heterocycles. The summed E-state index contributed by atoms with van der Waals surface area (Å²) < 4.78 is 10.6. The van der Waals surface area contributed by atoms with Gasteiger partial charge in [-0.15, -0.1) is 0 Å². The van der Waals surface area contributed by atoms with Crippen LogP contribution in [0.5, 0.6) is 0 Å². The summed E-state index contributed by atoms with van der Waals surface area (Å²) in [6, 6.07) is 0. The molecule has 0 aromatic rings. The first-order chi connectivity index (χ1) is 23.1. The summed E-state index contributed by atoms with van der Waals surface area (Å²) in [5.41, 5.74) is 0. The Bertz CT molecular complexity index is 676. The Morgan fingerprint density at radius 3 is 1.15 bits per heavy atom. The van der Waals surface area contributed by atoms with Crippen molar-refractivity contribution in [2.45, 2.75) is 232 Å². The first kappa shape index (κ1) is 45.6. The lowest BCUT2D eigenvalue weighted by atomic mass is 10.0. The van der Waals surface area contributed by atoms with Crippen LogP contribution >= 0.6 is 0 Å². The molecule has 0 aliphatic carbocycles. The quantitative estimate of drug-likeness (QED) is 0.0404. The monoisotopic (exact) mass is 665 g/mol. The molecule has 0 saturated heterocycles. The molecule has 5 heteroatoms.